The van der Waals surface area contributed by atoms with Crippen molar-refractivity contribution in [2.45, 2.75) is 32.1 Å². The molecule has 6 nitrogen and oxygen atoms in total. The second kappa shape index (κ2) is 9.35. The van der Waals surface area contributed by atoms with Gasteiger partial charge in [0.15, 0.2) is 0 Å². The van der Waals surface area contributed by atoms with Crippen molar-refractivity contribution in [3.05, 3.63) is 58.1 Å². The number of carbonyl (C=O) groups excluding carboxylic acids is 1. The van der Waals surface area contributed by atoms with Gasteiger partial charge in [0.25, 0.3) is 0 Å². The van der Waals surface area contributed by atoms with Gasteiger partial charge in [0.2, 0.25) is 5.91 Å². The SMILES string of the molecule is Cc1ccc(N2CCN(C)CC2)c2c1CCC(c1cc(N3CCOCC3)ccc1C(N)=O)C2. The van der Waals surface area contributed by atoms with E-state index in [-0.39, 0.29) is 5.91 Å². The standard InChI is InChI=1S/C27H36N4O2/c1-19-3-8-26(31-11-9-29(2)10-12-31)25-17-20(4-6-22(19)25)24-18-21(5-7-23(24)27(28)32)30-13-15-33-16-14-30/h3,5,7-8,18,20H,4,6,9-17H2,1-2H3,(H2,28,32). The van der Waals surface area contributed by atoms with Crippen LogP contribution in [0.2, 0.25) is 0 Å². The Balaban J connectivity index is 1.49. The van der Waals surface area contributed by atoms with E-state index in [1.54, 1.807) is 0 Å². The highest BCUT2D eigenvalue weighted by Crippen LogP contribution is 2.41. The lowest BCUT2D eigenvalue weighted by atomic mass is 9.76. The first kappa shape index (κ1) is 22.2. The summed E-state index contributed by atoms with van der Waals surface area (Å²) in [6.45, 7) is 9.82. The molecule has 2 N–H and O–H groups in total. The van der Waals surface area contributed by atoms with E-state index < -0.39 is 0 Å². The average molecular weight is 449 g/mol. The molecule has 5 rings (SSSR count). The zero-order chi connectivity index (χ0) is 22.9. The third-order valence-electron chi connectivity index (χ3n) is 7.79. The number of likely N-dealkylation sites (N-methyl/N-ethyl adjacent to an activating group) is 1. The number of hydrogen-bond donors (Lipinski definition) is 1. The molecule has 2 fully saturated rings. The predicted octanol–water partition coefficient (Wildman–Crippen LogP) is 2.95. The number of hydrogen-bond acceptors (Lipinski definition) is 5. The van der Waals surface area contributed by atoms with Crippen LogP contribution in [-0.2, 0) is 17.6 Å². The van der Waals surface area contributed by atoms with Crippen LogP contribution in [0.15, 0.2) is 30.3 Å². The van der Waals surface area contributed by atoms with Crippen LogP contribution in [-0.4, -0.2) is 70.3 Å². The lowest BCUT2D eigenvalue weighted by molar-refractivity contribution is 0.0998. The quantitative estimate of drug-likeness (QED) is 0.779. The van der Waals surface area contributed by atoms with E-state index in [0.717, 1.165) is 77.3 Å². The summed E-state index contributed by atoms with van der Waals surface area (Å²) in [5.74, 6) is -0.0261. The van der Waals surface area contributed by atoms with Crippen molar-refractivity contribution < 1.29 is 9.53 Å². The number of carbonyl (C=O) groups is 1. The highest BCUT2D eigenvalue weighted by atomic mass is 16.5. The second-order valence-corrected chi connectivity index (χ2v) is 9.82. The minimum atomic E-state index is -0.326. The molecule has 0 aromatic heterocycles. The number of piperazine rings is 1. The summed E-state index contributed by atoms with van der Waals surface area (Å²) in [5.41, 5.74) is 14.6. The van der Waals surface area contributed by atoms with Gasteiger partial charge in [0, 0.05) is 56.2 Å². The van der Waals surface area contributed by atoms with Gasteiger partial charge in [-0.3, -0.25) is 4.79 Å². The summed E-state index contributed by atoms with van der Waals surface area (Å²) in [7, 11) is 2.20. The van der Waals surface area contributed by atoms with Crippen LogP contribution < -0.4 is 15.5 Å². The molecule has 1 atom stereocenters. The maximum atomic E-state index is 12.4. The number of fused-ring (bicyclic) bond motifs is 1. The third kappa shape index (κ3) is 4.46. The van der Waals surface area contributed by atoms with E-state index in [1.165, 1.54) is 28.1 Å². The van der Waals surface area contributed by atoms with Crippen molar-refractivity contribution in [2.75, 3.05) is 69.3 Å². The molecule has 1 amide bonds. The zero-order valence-corrected chi connectivity index (χ0v) is 20.0. The van der Waals surface area contributed by atoms with Crippen LogP contribution >= 0.6 is 0 Å². The minimum Gasteiger partial charge on any atom is -0.378 e. The number of amides is 1. The number of rotatable bonds is 4. The maximum absolute atomic E-state index is 12.4. The Bertz CT molecular complexity index is 1020. The Morgan fingerprint density at radius 3 is 2.45 bits per heavy atom. The Kier molecular flexibility index (Phi) is 6.30. The molecule has 0 spiro atoms. The number of morpholine rings is 1. The predicted molar refractivity (Wildman–Crippen MR) is 134 cm³/mol. The van der Waals surface area contributed by atoms with E-state index in [1.807, 2.05) is 12.1 Å². The minimum absolute atomic E-state index is 0.300. The largest absolute Gasteiger partial charge is 0.378 e. The molecular formula is C27H36N4O2. The molecule has 2 heterocycles. The van der Waals surface area contributed by atoms with Crippen molar-refractivity contribution in [3.63, 3.8) is 0 Å². The number of benzene rings is 2. The number of nitrogens with two attached hydrogens (primary N) is 1. The summed E-state index contributed by atoms with van der Waals surface area (Å²) < 4.78 is 5.53. The van der Waals surface area contributed by atoms with Crippen LogP contribution in [0.5, 0.6) is 0 Å². The molecule has 3 aliphatic rings. The molecule has 0 radical (unpaired) electrons. The molecule has 33 heavy (non-hydrogen) atoms. The van der Waals surface area contributed by atoms with Crippen molar-refractivity contribution in [1.29, 1.82) is 0 Å². The van der Waals surface area contributed by atoms with E-state index in [0.29, 0.717) is 11.5 Å². The zero-order valence-electron chi connectivity index (χ0n) is 20.0. The Labute approximate surface area is 197 Å². The summed E-state index contributed by atoms with van der Waals surface area (Å²) in [4.78, 5) is 19.7. The van der Waals surface area contributed by atoms with Crippen LogP contribution in [0.4, 0.5) is 11.4 Å². The van der Waals surface area contributed by atoms with Gasteiger partial charge in [-0.15, -0.1) is 0 Å². The summed E-state index contributed by atoms with van der Waals surface area (Å²) in [6.07, 6.45) is 3.06. The smallest absolute Gasteiger partial charge is 0.248 e. The normalized spacial score (nSPS) is 21.7. The van der Waals surface area contributed by atoms with Gasteiger partial charge < -0.3 is 25.2 Å². The van der Waals surface area contributed by atoms with E-state index in [9.17, 15) is 4.79 Å². The maximum Gasteiger partial charge on any atom is 0.248 e. The van der Waals surface area contributed by atoms with Crippen molar-refractivity contribution in [2.24, 2.45) is 5.73 Å². The number of ether oxygens (including phenoxy) is 1. The summed E-state index contributed by atoms with van der Waals surface area (Å²) in [6, 6.07) is 10.8. The Morgan fingerprint density at radius 2 is 1.73 bits per heavy atom. The van der Waals surface area contributed by atoms with Gasteiger partial charge in [-0.05, 0) is 85.7 Å². The molecule has 1 unspecified atom stereocenters. The first-order chi connectivity index (χ1) is 16.0. The first-order valence-corrected chi connectivity index (χ1v) is 12.3. The number of anilines is 2. The molecular weight excluding hydrogens is 412 g/mol. The van der Waals surface area contributed by atoms with Gasteiger partial charge in [0.05, 0.1) is 13.2 Å². The molecule has 1 aliphatic carbocycles. The number of nitrogens with zero attached hydrogens (tertiary/aromatic N) is 3. The Hall–Kier alpha value is -2.57. The van der Waals surface area contributed by atoms with Crippen LogP contribution in [0.3, 0.4) is 0 Å². The van der Waals surface area contributed by atoms with Gasteiger partial charge in [-0.1, -0.05) is 6.07 Å². The molecule has 2 aromatic carbocycles. The van der Waals surface area contributed by atoms with Gasteiger partial charge in [-0.25, -0.2) is 0 Å². The highest BCUT2D eigenvalue weighted by molar-refractivity contribution is 5.95. The van der Waals surface area contributed by atoms with E-state index >= 15 is 0 Å². The molecule has 0 bridgehead atoms. The lowest BCUT2D eigenvalue weighted by Crippen LogP contribution is -2.45. The molecule has 2 saturated heterocycles. The highest BCUT2D eigenvalue weighted by Gasteiger charge is 2.29. The molecule has 2 aliphatic heterocycles. The fraction of sp³-hybridized carbons (Fsp3) is 0.519. The lowest BCUT2D eigenvalue weighted by Gasteiger charge is -2.38. The summed E-state index contributed by atoms with van der Waals surface area (Å²) >= 11 is 0. The van der Waals surface area contributed by atoms with Crippen LogP contribution in [0, 0.1) is 6.92 Å². The van der Waals surface area contributed by atoms with Crippen molar-refractivity contribution >= 4 is 17.3 Å². The fourth-order valence-electron chi connectivity index (χ4n) is 5.78. The molecule has 2 aromatic rings. The molecule has 0 saturated carbocycles. The topological polar surface area (TPSA) is 62.0 Å². The van der Waals surface area contributed by atoms with Crippen molar-refractivity contribution in [1.82, 2.24) is 4.90 Å². The first-order valence-electron chi connectivity index (χ1n) is 12.3. The summed E-state index contributed by atoms with van der Waals surface area (Å²) in [5, 5.41) is 0. The van der Waals surface area contributed by atoms with Crippen molar-refractivity contribution in [3.8, 4) is 0 Å². The Morgan fingerprint density at radius 1 is 0.970 bits per heavy atom. The molecule has 176 valence electrons. The van der Waals surface area contributed by atoms with Crippen LogP contribution in [0.25, 0.3) is 0 Å². The fourth-order valence-corrected chi connectivity index (χ4v) is 5.78. The monoisotopic (exact) mass is 448 g/mol. The number of aryl methyl sites for hydroxylation is 1. The van der Waals surface area contributed by atoms with Gasteiger partial charge in [-0.2, -0.15) is 0 Å². The van der Waals surface area contributed by atoms with E-state index in [4.69, 9.17) is 10.5 Å². The van der Waals surface area contributed by atoms with Gasteiger partial charge in [0.1, 0.15) is 0 Å². The average Bonchev–Trinajstić information content (AvgIpc) is 2.85. The number of primary amides is 1. The molecule has 6 heteroatoms. The van der Waals surface area contributed by atoms with Gasteiger partial charge >= 0.3 is 0 Å². The van der Waals surface area contributed by atoms with E-state index in [2.05, 4.69) is 46.9 Å². The second-order valence-electron chi connectivity index (χ2n) is 9.82. The third-order valence-corrected chi connectivity index (χ3v) is 7.79. The van der Waals surface area contributed by atoms with Crippen LogP contribution in [0.1, 0.15) is 45.0 Å².